The molecule has 3 aliphatic carbocycles. The third-order valence-corrected chi connectivity index (χ3v) is 6.80. The number of carbonyl (C=O) groups excluding carboxylic acids is 2. The predicted molar refractivity (Wildman–Crippen MR) is 124 cm³/mol. The van der Waals surface area contributed by atoms with Crippen molar-refractivity contribution in [3.63, 3.8) is 0 Å². The van der Waals surface area contributed by atoms with E-state index < -0.39 is 22.8 Å². The van der Waals surface area contributed by atoms with Crippen molar-refractivity contribution in [2.24, 2.45) is 0 Å². The molecule has 6 rings (SSSR count). The molecule has 3 aromatic rings. The van der Waals surface area contributed by atoms with Crippen molar-refractivity contribution in [2.45, 2.75) is 37.3 Å². The van der Waals surface area contributed by atoms with Gasteiger partial charge in [-0.15, -0.1) is 0 Å². The van der Waals surface area contributed by atoms with Gasteiger partial charge >= 0.3 is 0 Å². The first-order chi connectivity index (χ1) is 16.1. The largest absolute Gasteiger partial charge is 0.484 e. The summed E-state index contributed by atoms with van der Waals surface area (Å²) in [6.45, 7) is 1.48. The zero-order valence-corrected chi connectivity index (χ0v) is 19.5. The molecule has 2 N–H and O–H groups in total. The third kappa shape index (κ3) is 4.01. The molecule has 10 heteroatoms. The Morgan fingerprint density at radius 3 is 2.50 bits per heavy atom. The first-order valence-corrected chi connectivity index (χ1v) is 11.3. The van der Waals surface area contributed by atoms with Gasteiger partial charge in [0.15, 0.2) is 17.8 Å². The first-order valence-electron chi connectivity index (χ1n) is 10.5. The number of ether oxygens (including phenoxy) is 1. The normalized spacial score (nSPS) is 22.5. The Kier molecular flexibility index (Phi) is 5.33. The van der Waals surface area contributed by atoms with Crippen LogP contribution in [0.15, 0.2) is 45.6 Å². The Balaban J connectivity index is 1.17. The van der Waals surface area contributed by atoms with E-state index in [0.717, 1.165) is 12.1 Å². The van der Waals surface area contributed by atoms with Gasteiger partial charge in [-0.1, -0.05) is 23.2 Å². The van der Waals surface area contributed by atoms with Gasteiger partial charge in [-0.05, 0) is 56.0 Å². The number of hydrogen-bond donors (Lipinski definition) is 2. The molecule has 3 saturated carbocycles. The molecule has 1 heterocycles. The highest BCUT2D eigenvalue weighted by molar-refractivity contribution is 6.31. The average molecular weight is 505 g/mol. The lowest BCUT2D eigenvalue weighted by Gasteiger charge is -2.70. The molecule has 0 radical (unpaired) electrons. The van der Waals surface area contributed by atoms with Gasteiger partial charge < -0.3 is 19.8 Å². The highest BCUT2D eigenvalue weighted by Crippen LogP contribution is 2.60. The molecule has 0 unspecified atom stereocenters. The maximum atomic E-state index is 13.5. The molecule has 34 heavy (non-hydrogen) atoms. The number of aryl methyl sites for hydroxylation is 1. The molecule has 7 nitrogen and oxygen atoms in total. The van der Waals surface area contributed by atoms with Gasteiger partial charge in [0, 0.05) is 28.2 Å². The summed E-state index contributed by atoms with van der Waals surface area (Å²) in [4.78, 5) is 37.5. The molecule has 1 aromatic heterocycles. The van der Waals surface area contributed by atoms with Crippen LogP contribution < -0.4 is 20.8 Å². The Bertz CT molecular complexity index is 1400. The zero-order chi connectivity index (χ0) is 24.3. The maximum absolute atomic E-state index is 13.5. The fraction of sp³-hybridized carbons (Fsp3) is 0.292. The van der Waals surface area contributed by atoms with Gasteiger partial charge in [-0.3, -0.25) is 14.4 Å². The highest BCUT2D eigenvalue weighted by Gasteiger charge is 2.69. The van der Waals surface area contributed by atoms with Crippen LogP contribution in [0.1, 0.15) is 35.4 Å². The van der Waals surface area contributed by atoms with E-state index in [9.17, 15) is 18.8 Å². The third-order valence-electron chi connectivity index (χ3n) is 6.28. The minimum atomic E-state index is -0.627. The van der Waals surface area contributed by atoms with Crippen molar-refractivity contribution in [3.8, 4) is 5.75 Å². The lowest BCUT2D eigenvalue weighted by Crippen LogP contribution is -2.84. The van der Waals surface area contributed by atoms with Crippen molar-refractivity contribution in [2.75, 3.05) is 6.61 Å². The average Bonchev–Trinajstić information content (AvgIpc) is 2.72. The fourth-order valence-electron chi connectivity index (χ4n) is 4.90. The highest BCUT2D eigenvalue weighted by atomic mass is 35.5. The Morgan fingerprint density at radius 2 is 1.79 bits per heavy atom. The summed E-state index contributed by atoms with van der Waals surface area (Å²) < 4.78 is 24.5. The van der Waals surface area contributed by atoms with Gasteiger partial charge in [0.2, 0.25) is 0 Å². The second-order valence-corrected chi connectivity index (χ2v) is 9.88. The van der Waals surface area contributed by atoms with Crippen LogP contribution in [0.2, 0.25) is 10.0 Å². The van der Waals surface area contributed by atoms with E-state index in [-0.39, 0.29) is 34.5 Å². The van der Waals surface area contributed by atoms with Gasteiger partial charge in [-0.2, -0.15) is 0 Å². The van der Waals surface area contributed by atoms with Crippen LogP contribution in [0.5, 0.6) is 5.75 Å². The molecule has 0 atom stereocenters. The molecule has 2 bridgehead atoms. The summed E-state index contributed by atoms with van der Waals surface area (Å²) in [5.74, 6) is -1.33. The minimum Gasteiger partial charge on any atom is -0.484 e. The summed E-state index contributed by atoms with van der Waals surface area (Å²) in [5, 5.41) is 6.56. The lowest BCUT2D eigenvalue weighted by atomic mass is 9.44. The van der Waals surface area contributed by atoms with Crippen molar-refractivity contribution in [1.82, 2.24) is 10.6 Å². The first kappa shape index (κ1) is 22.7. The number of hydrogen-bond acceptors (Lipinski definition) is 5. The van der Waals surface area contributed by atoms with Crippen LogP contribution in [0.25, 0.3) is 11.0 Å². The predicted octanol–water partition coefficient (Wildman–Crippen LogP) is 4.15. The molecule has 2 amide bonds. The molecule has 3 aliphatic rings. The van der Waals surface area contributed by atoms with E-state index in [1.807, 2.05) is 0 Å². The van der Waals surface area contributed by atoms with Crippen LogP contribution in [0, 0.1) is 12.7 Å². The minimum absolute atomic E-state index is 0.0273. The summed E-state index contributed by atoms with van der Waals surface area (Å²) >= 11 is 11.6. The molecule has 0 aliphatic heterocycles. The Morgan fingerprint density at radius 1 is 1.09 bits per heavy atom. The smallest absolute Gasteiger partial charge is 0.287 e. The summed E-state index contributed by atoms with van der Waals surface area (Å²) in [6.07, 6.45) is 1.67. The maximum Gasteiger partial charge on any atom is 0.287 e. The number of carbonyl (C=O) groups is 2. The molecule has 2 aromatic carbocycles. The summed E-state index contributed by atoms with van der Waals surface area (Å²) in [6, 6.07) is 8.28. The van der Waals surface area contributed by atoms with Gasteiger partial charge in [0.1, 0.15) is 17.1 Å². The molecule has 0 spiro atoms. The van der Waals surface area contributed by atoms with Crippen LogP contribution in [-0.4, -0.2) is 29.5 Å². The number of benzene rings is 2. The molecule has 176 valence electrons. The van der Waals surface area contributed by atoms with E-state index >= 15 is 0 Å². The van der Waals surface area contributed by atoms with Crippen LogP contribution >= 0.6 is 23.2 Å². The molecule has 0 saturated heterocycles. The van der Waals surface area contributed by atoms with Crippen LogP contribution in [-0.2, 0) is 4.79 Å². The van der Waals surface area contributed by atoms with Gasteiger partial charge in [0.25, 0.3) is 11.8 Å². The second-order valence-electron chi connectivity index (χ2n) is 9.03. The Labute approximate surface area is 203 Å². The number of rotatable bonds is 6. The van der Waals surface area contributed by atoms with Crippen LogP contribution in [0.4, 0.5) is 4.39 Å². The van der Waals surface area contributed by atoms with E-state index in [0.29, 0.717) is 40.8 Å². The van der Waals surface area contributed by atoms with Crippen molar-refractivity contribution < 1.29 is 23.1 Å². The fourth-order valence-corrected chi connectivity index (χ4v) is 5.29. The standard InChI is InChI=1S/C24H19Cl2FN2O5/c1-12-4-13(25)5-15-18(30)7-19(34-21(12)15)22(32)29-24-9-23(10-24,11-24)28-20(31)8-33-14-2-3-16(26)17(27)6-14/h2-7H,8-11H2,1H3,(H,28,31)(H,29,32). The zero-order valence-electron chi connectivity index (χ0n) is 18.0. The number of fused-ring (bicyclic) bond motifs is 1. The van der Waals surface area contributed by atoms with Crippen LogP contribution in [0.3, 0.4) is 0 Å². The number of amides is 2. The topological polar surface area (TPSA) is 97.6 Å². The SMILES string of the molecule is Cc1cc(Cl)cc2c(=O)cc(C(=O)NC34CC(NC(=O)COc5ccc(Cl)c(F)c5)(C3)C4)oc12. The molecular formula is C24H19Cl2FN2O5. The molecular weight excluding hydrogens is 486 g/mol. The monoisotopic (exact) mass is 504 g/mol. The van der Waals surface area contributed by atoms with Crippen molar-refractivity contribution in [1.29, 1.82) is 0 Å². The lowest BCUT2D eigenvalue weighted by molar-refractivity contribution is -0.141. The Hall–Kier alpha value is -3.10. The van der Waals surface area contributed by atoms with Gasteiger partial charge in [0.05, 0.1) is 10.4 Å². The van der Waals surface area contributed by atoms with E-state index in [1.54, 1.807) is 13.0 Å². The van der Waals surface area contributed by atoms with E-state index in [4.69, 9.17) is 32.4 Å². The summed E-state index contributed by atoms with van der Waals surface area (Å²) in [5.41, 5.74) is -0.225. The van der Waals surface area contributed by atoms with E-state index in [2.05, 4.69) is 10.6 Å². The van der Waals surface area contributed by atoms with Gasteiger partial charge in [-0.25, -0.2) is 4.39 Å². The second kappa shape index (κ2) is 7.99. The van der Waals surface area contributed by atoms with Crippen molar-refractivity contribution in [3.05, 3.63) is 73.8 Å². The number of nitrogens with one attached hydrogen (secondary N) is 2. The quantitative estimate of drug-likeness (QED) is 0.525. The molecule has 3 fully saturated rings. The summed E-state index contributed by atoms with van der Waals surface area (Å²) in [7, 11) is 0. The van der Waals surface area contributed by atoms with E-state index in [1.165, 1.54) is 18.2 Å². The number of halogens is 3. The van der Waals surface area contributed by atoms with Crippen molar-refractivity contribution >= 4 is 46.0 Å².